The number of rotatable bonds is 7. The Kier molecular flexibility index (Phi) is 7.30. The molecule has 3 N–H and O–H groups in total. The molecule has 2 bridgehead atoms. The van der Waals surface area contributed by atoms with Crippen molar-refractivity contribution < 1.29 is 23.1 Å². The van der Waals surface area contributed by atoms with E-state index in [1.165, 1.54) is 0 Å². The maximum Gasteiger partial charge on any atom is 0.319 e. The molecule has 1 aromatic heterocycles. The predicted octanol–water partition coefficient (Wildman–Crippen LogP) is 3.10. The van der Waals surface area contributed by atoms with Crippen molar-refractivity contribution in [1.29, 1.82) is 0 Å². The molecule has 4 heterocycles. The number of benzene rings is 3. The van der Waals surface area contributed by atoms with Gasteiger partial charge in [0, 0.05) is 36.6 Å². The van der Waals surface area contributed by atoms with Crippen LogP contribution in [0.2, 0.25) is 0 Å². The molecule has 0 unspecified atom stereocenters. The van der Waals surface area contributed by atoms with Gasteiger partial charge in [0.15, 0.2) is 0 Å². The zero-order valence-corrected chi connectivity index (χ0v) is 25.4. The van der Waals surface area contributed by atoms with Crippen LogP contribution < -0.4 is 14.8 Å². The number of fused-ring (bicyclic) bond motifs is 4. The normalized spacial score (nSPS) is 22.3. The van der Waals surface area contributed by atoms with Gasteiger partial charge < -0.3 is 24.5 Å². The third kappa shape index (κ3) is 5.53. The van der Waals surface area contributed by atoms with Gasteiger partial charge in [-0.15, -0.1) is 0 Å². The van der Waals surface area contributed by atoms with Gasteiger partial charge in [-0.25, -0.2) is 13.6 Å². The molecule has 3 aliphatic rings. The van der Waals surface area contributed by atoms with Gasteiger partial charge in [0.25, 0.3) is 0 Å². The van der Waals surface area contributed by atoms with Crippen LogP contribution in [-0.4, -0.2) is 96.4 Å². The number of phenolic OH excluding ortho intramolecular Hbond substituents is 1. The number of ether oxygens (including phenoxy) is 1. The lowest BCUT2D eigenvalue weighted by Crippen LogP contribution is -2.56. The highest BCUT2D eigenvalue weighted by Crippen LogP contribution is 2.40. The number of aromatic hydroxyl groups is 1. The zero-order valence-electron chi connectivity index (χ0n) is 24.6. The zero-order chi connectivity index (χ0) is 30.6. The van der Waals surface area contributed by atoms with Crippen LogP contribution >= 0.6 is 0 Å². The first-order valence-corrected chi connectivity index (χ1v) is 16.8. The number of phenols is 1. The summed E-state index contributed by atoms with van der Waals surface area (Å²) in [7, 11) is -1.80. The number of amides is 1. The first kappa shape index (κ1) is 28.8. The number of nitrogens with zero attached hydrogens (tertiary/aromatic N) is 5. The first-order chi connectivity index (χ1) is 21.1. The molecule has 1 amide bonds. The summed E-state index contributed by atoms with van der Waals surface area (Å²) in [5.41, 5.74) is 2.54. The molecule has 0 radical (unpaired) electrons. The second-order valence-electron chi connectivity index (χ2n) is 12.3. The molecular weight excluding hydrogens is 580 g/mol. The number of sulfonamides is 1. The van der Waals surface area contributed by atoms with Crippen molar-refractivity contribution in [1.82, 2.24) is 19.8 Å². The number of hydrogen-bond acceptors (Lipinski definition) is 9. The molecule has 7 rings (SSSR count). The SMILES string of the molecule is CN1CCC[C@H]1COc1nc(N2[C@@H]3CC[C@H]2CN(C(=O)CS(N)(=O)=O)C3)c2ccc(-c3cc(O)cc4ccccc34)cc2n1. The fraction of sp³-hybridized carbons (Fsp3) is 0.406. The lowest BCUT2D eigenvalue weighted by Gasteiger charge is -2.42. The van der Waals surface area contributed by atoms with Crippen LogP contribution in [0.3, 0.4) is 0 Å². The summed E-state index contributed by atoms with van der Waals surface area (Å²) in [6, 6.07) is 18.1. The van der Waals surface area contributed by atoms with Gasteiger partial charge in [0.1, 0.15) is 23.9 Å². The van der Waals surface area contributed by atoms with Crippen molar-refractivity contribution in [3.63, 3.8) is 0 Å². The number of aromatic nitrogens is 2. The lowest BCUT2D eigenvalue weighted by molar-refractivity contribution is -0.129. The van der Waals surface area contributed by atoms with E-state index in [1.807, 2.05) is 42.5 Å². The Balaban J connectivity index is 1.28. The Hall–Kier alpha value is -4.00. The van der Waals surface area contributed by atoms with Crippen molar-refractivity contribution in [2.24, 2.45) is 5.14 Å². The fourth-order valence-electron chi connectivity index (χ4n) is 7.13. The van der Waals surface area contributed by atoms with Crippen molar-refractivity contribution in [3.05, 3.63) is 54.6 Å². The lowest BCUT2D eigenvalue weighted by atomic mass is 9.97. The maximum atomic E-state index is 12.7. The molecule has 3 saturated heterocycles. The number of piperazine rings is 1. The Morgan fingerprint density at radius 3 is 2.52 bits per heavy atom. The second-order valence-corrected chi connectivity index (χ2v) is 13.9. The highest BCUT2D eigenvalue weighted by molar-refractivity contribution is 7.89. The van der Waals surface area contributed by atoms with Gasteiger partial charge in [0.05, 0.1) is 5.52 Å². The molecule has 4 aromatic rings. The molecule has 12 heteroatoms. The average Bonchev–Trinajstić information content (AvgIpc) is 3.51. The van der Waals surface area contributed by atoms with Crippen LogP contribution in [0.25, 0.3) is 32.8 Å². The van der Waals surface area contributed by atoms with Crippen LogP contribution in [0.15, 0.2) is 54.6 Å². The molecule has 230 valence electrons. The highest BCUT2D eigenvalue weighted by atomic mass is 32.2. The van der Waals surface area contributed by atoms with Gasteiger partial charge >= 0.3 is 6.01 Å². The largest absolute Gasteiger partial charge is 0.508 e. The topological polar surface area (TPSA) is 142 Å². The monoisotopic (exact) mass is 616 g/mol. The Morgan fingerprint density at radius 2 is 1.80 bits per heavy atom. The van der Waals surface area contributed by atoms with E-state index in [-0.39, 0.29) is 17.8 Å². The minimum atomic E-state index is -3.91. The molecule has 0 aliphatic carbocycles. The van der Waals surface area contributed by atoms with Crippen LogP contribution in [0.4, 0.5) is 5.82 Å². The van der Waals surface area contributed by atoms with Crippen molar-refractivity contribution >= 4 is 43.4 Å². The van der Waals surface area contributed by atoms with Crippen molar-refractivity contribution in [2.45, 2.75) is 43.8 Å². The summed E-state index contributed by atoms with van der Waals surface area (Å²) >= 11 is 0. The molecule has 0 spiro atoms. The number of hydrogen-bond donors (Lipinski definition) is 2. The summed E-state index contributed by atoms with van der Waals surface area (Å²) in [5.74, 6) is -0.214. The first-order valence-electron chi connectivity index (χ1n) is 15.1. The second kappa shape index (κ2) is 11.2. The molecule has 3 fully saturated rings. The summed E-state index contributed by atoms with van der Waals surface area (Å²) in [4.78, 5) is 28.8. The van der Waals surface area contributed by atoms with E-state index < -0.39 is 21.7 Å². The molecule has 44 heavy (non-hydrogen) atoms. The van der Waals surface area contributed by atoms with Gasteiger partial charge in [-0.05, 0) is 85.4 Å². The fourth-order valence-corrected chi connectivity index (χ4v) is 7.66. The summed E-state index contributed by atoms with van der Waals surface area (Å²) in [5, 5.41) is 18.5. The molecule has 3 aromatic carbocycles. The van der Waals surface area contributed by atoms with Crippen LogP contribution in [0.5, 0.6) is 11.8 Å². The van der Waals surface area contributed by atoms with E-state index in [9.17, 15) is 18.3 Å². The van der Waals surface area contributed by atoms with E-state index in [0.29, 0.717) is 31.7 Å². The number of anilines is 1. The summed E-state index contributed by atoms with van der Waals surface area (Å²) in [6.45, 7) is 2.32. The van der Waals surface area contributed by atoms with Crippen LogP contribution in [0, 0.1) is 0 Å². The Bertz CT molecular complexity index is 1850. The number of likely N-dealkylation sites (tertiary alicyclic amines) is 2. The van der Waals surface area contributed by atoms with E-state index in [2.05, 4.69) is 16.8 Å². The predicted molar refractivity (Wildman–Crippen MR) is 169 cm³/mol. The van der Waals surface area contributed by atoms with E-state index in [0.717, 1.165) is 70.8 Å². The third-order valence-electron chi connectivity index (χ3n) is 9.29. The van der Waals surface area contributed by atoms with Gasteiger partial charge in [-0.3, -0.25) is 4.79 Å². The van der Waals surface area contributed by atoms with E-state index >= 15 is 0 Å². The van der Waals surface area contributed by atoms with Crippen LogP contribution in [0.1, 0.15) is 25.7 Å². The highest BCUT2D eigenvalue weighted by Gasteiger charge is 2.43. The number of carbonyl (C=O) groups excluding carboxylic acids is 1. The van der Waals surface area contributed by atoms with Gasteiger partial charge in [-0.1, -0.05) is 30.3 Å². The Morgan fingerprint density at radius 1 is 1.02 bits per heavy atom. The van der Waals surface area contributed by atoms with Gasteiger partial charge in [-0.2, -0.15) is 9.97 Å². The summed E-state index contributed by atoms with van der Waals surface area (Å²) in [6.07, 6.45) is 3.90. The standard InChI is InChI=1S/C32H36N6O5S/c1-36-12-4-6-24(36)18-43-32-34-29-14-21(28-15-25(39)13-20-5-2-3-7-26(20)28)8-11-27(29)31(35-32)38-22-9-10-23(38)17-37(16-22)30(40)19-44(33,41)42/h2-3,5,7-8,11,13-15,22-24,39H,4,6,9-10,12,16-19H2,1H3,(H2,33,41,42)/t22-,23+,24-/m0/s1. The van der Waals surface area contributed by atoms with E-state index in [1.54, 1.807) is 17.0 Å². The number of carbonyl (C=O) groups is 1. The molecule has 0 saturated carbocycles. The molecule has 3 atom stereocenters. The smallest absolute Gasteiger partial charge is 0.319 e. The minimum Gasteiger partial charge on any atom is -0.508 e. The number of primary sulfonamides is 1. The molecule has 11 nitrogen and oxygen atoms in total. The van der Waals surface area contributed by atoms with Crippen LogP contribution in [-0.2, 0) is 14.8 Å². The number of nitrogens with two attached hydrogens (primary N) is 1. The third-order valence-corrected chi connectivity index (χ3v) is 9.94. The van der Waals surface area contributed by atoms with Crippen molar-refractivity contribution in [2.75, 3.05) is 43.9 Å². The average molecular weight is 617 g/mol. The van der Waals surface area contributed by atoms with Gasteiger partial charge in [0.2, 0.25) is 15.9 Å². The maximum absolute atomic E-state index is 12.7. The molecule has 3 aliphatic heterocycles. The van der Waals surface area contributed by atoms with Crippen molar-refractivity contribution in [3.8, 4) is 22.9 Å². The quantitative estimate of drug-likeness (QED) is 0.320. The van der Waals surface area contributed by atoms with E-state index in [4.69, 9.17) is 19.8 Å². The minimum absolute atomic E-state index is 0.0280. The molecular formula is C32H36N6O5S. The summed E-state index contributed by atoms with van der Waals surface area (Å²) < 4.78 is 29.5. The Labute approximate surface area is 256 Å². The number of likely N-dealkylation sites (N-methyl/N-ethyl adjacent to an activating group) is 1.